The second kappa shape index (κ2) is 7.90. The highest BCUT2D eigenvalue weighted by atomic mass is 16.5. The Morgan fingerprint density at radius 1 is 1.39 bits per heavy atom. The van der Waals surface area contributed by atoms with Crippen LogP contribution in [0, 0.1) is 5.92 Å². The van der Waals surface area contributed by atoms with Crippen LogP contribution in [0.5, 0.6) is 11.5 Å². The first kappa shape index (κ1) is 17.2. The minimum absolute atomic E-state index is 0.544. The largest absolute Gasteiger partial charge is 0.493 e. The summed E-state index contributed by atoms with van der Waals surface area (Å²) in [5.41, 5.74) is 2.18. The monoisotopic (exact) mass is 317 g/mol. The first-order valence-corrected chi connectivity index (χ1v) is 7.94. The van der Waals surface area contributed by atoms with Crippen molar-refractivity contribution < 1.29 is 9.47 Å². The van der Waals surface area contributed by atoms with Crippen molar-refractivity contribution in [3.8, 4) is 11.5 Å². The molecule has 0 aromatic heterocycles. The van der Waals surface area contributed by atoms with E-state index in [1.165, 1.54) is 6.42 Å². The molecule has 0 spiro atoms. The molecule has 1 fully saturated rings. The molecule has 0 radical (unpaired) electrons. The lowest BCUT2D eigenvalue weighted by Crippen LogP contribution is -2.38. The Bertz CT molecular complexity index is 584. The molecule has 1 aromatic rings. The molecule has 0 heterocycles. The van der Waals surface area contributed by atoms with Crippen molar-refractivity contribution in [2.45, 2.75) is 32.4 Å². The molecule has 2 atom stereocenters. The van der Waals surface area contributed by atoms with E-state index in [-0.39, 0.29) is 0 Å². The van der Waals surface area contributed by atoms with Crippen LogP contribution in [0.15, 0.2) is 29.8 Å². The van der Waals surface area contributed by atoms with Gasteiger partial charge in [0.2, 0.25) is 0 Å². The smallest absolute Gasteiger partial charge is 0.191 e. The van der Waals surface area contributed by atoms with Crippen LogP contribution < -0.4 is 20.1 Å². The number of allylic oxidation sites excluding steroid dienone is 1. The third-order valence-electron chi connectivity index (χ3n) is 4.10. The van der Waals surface area contributed by atoms with Crippen molar-refractivity contribution >= 4 is 5.96 Å². The Morgan fingerprint density at radius 3 is 2.65 bits per heavy atom. The lowest BCUT2D eigenvalue weighted by atomic mass is 10.1. The number of aliphatic imine (C=N–C) groups is 1. The van der Waals surface area contributed by atoms with Gasteiger partial charge in [0, 0.05) is 25.2 Å². The third-order valence-corrected chi connectivity index (χ3v) is 4.10. The molecule has 126 valence electrons. The van der Waals surface area contributed by atoms with E-state index >= 15 is 0 Å². The lowest BCUT2D eigenvalue weighted by Gasteiger charge is -2.16. The number of hydrogen-bond donors (Lipinski definition) is 2. The molecule has 1 aliphatic rings. The summed E-state index contributed by atoms with van der Waals surface area (Å²) in [6.07, 6.45) is 3.81. The van der Waals surface area contributed by atoms with E-state index in [1.54, 1.807) is 21.3 Å². The van der Waals surface area contributed by atoms with Gasteiger partial charge in [-0.15, -0.1) is 6.58 Å². The number of guanidine groups is 1. The number of rotatable bonds is 7. The average Bonchev–Trinajstić information content (AvgIpc) is 3.26. The van der Waals surface area contributed by atoms with Crippen LogP contribution in [-0.4, -0.2) is 33.3 Å². The van der Waals surface area contributed by atoms with Gasteiger partial charge in [0.25, 0.3) is 0 Å². The number of benzene rings is 1. The number of methoxy groups -OCH3 is 2. The summed E-state index contributed by atoms with van der Waals surface area (Å²) in [5, 5.41) is 6.77. The topological polar surface area (TPSA) is 54.9 Å². The standard InChI is InChI=1S/C18H27N3O2/c1-6-7-14-9-13(10-16(22-4)17(14)23-5)11-20-18(19-3)21-15-8-12(15)2/h6,9-10,12,15H,1,7-8,11H2,2-5H3,(H2,19,20,21). The third kappa shape index (κ3) is 4.41. The Labute approximate surface area is 138 Å². The summed E-state index contributed by atoms with van der Waals surface area (Å²) in [6, 6.07) is 4.65. The van der Waals surface area contributed by atoms with E-state index in [0.29, 0.717) is 12.6 Å². The normalized spacial score (nSPS) is 19.9. The molecule has 0 bridgehead atoms. The minimum atomic E-state index is 0.544. The summed E-state index contributed by atoms with van der Waals surface area (Å²) < 4.78 is 10.9. The summed E-state index contributed by atoms with van der Waals surface area (Å²) in [7, 11) is 5.10. The second-order valence-electron chi connectivity index (χ2n) is 5.87. The fraction of sp³-hybridized carbons (Fsp3) is 0.500. The Morgan fingerprint density at radius 2 is 2.13 bits per heavy atom. The van der Waals surface area contributed by atoms with Crippen molar-refractivity contribution in [3.05, 3.63) is 35.9 Å². The zero-order valence-corrected chi connectivity index (χ0v) is 14.5. The highest BCUT2D eigenvalue weighted by molar-refractivity contribution is 5.80. The highest BCUT2D eigenvalue weighted by Gasteiger charge is 2.33. The predicted molar refractivity (Wildman–Crippen MR) is 94.4 cm³/mol. The van der Waals surface area contributed by atoms with Crippen LogP contribution >= 0.6 is 0 Å². The van der Waals surface area contributed by atoms with Gasteiger partial charge in [0.1, 0.15) is 0 Å². The average molecular weight is 317 g/mol. The van der Waals surface area contributed by atoms with E-state index in [4.69, 9.17) is 9.47 Å². The van der Waals surface area contributed by atoms with Gasteiger partial charge in [-0.1, -0.05) is 13.0 Å². The molecule has 1 aromatic carbocycles. The second-order valence-corrected chi connectivity index (χ2v) is 5.87. The fourth-order valence-corrected chi connectivity index (χ4v) is 2.59. The summed E-state index contributed by atoms with van der Waals surface area (Å²) in [5.74, 6) is 3.07. The SMILES string of the molecule is C=CCc1cc(CNC(=NC)NC2CC2C)cc(OC)c1OC. The van der Waals surface area contributed by atoms with Crippen LogP contribution in [0.3, 0.4) is 0 Å². The summed E-state index contributed by atoms with van der Waals surface area (Å²) >= 11 is 0. The molecule has 0 amide bonds. The number of nitrogens with one attached hydrogen (secondary N) is 2. The van der Waals surface area contributed by atoms with Crippen molar-refractivity contribution in [3.63, 3.8) is 0 Å². The molecule has 2 N–H and O–H groups in total. The molecule has 0 aliphatic heterocycles. The number of ether oxygens (including phenoxy) is 2. The van der Waals surface area contributed by atoms with Crippen LogP contribution in [0.1, 0.15) is 24.5 Å². The van der Waals surface area contributed by atoms with Gasteiger partial charge in [0.05, 0.1) is 14.2 Å². The van der Waals surface area contributed by atoms with Gasteiger partial charge < -0.3 is 20.1 Å². The molecule has 23 heavy (non-hydrogen) atoms. The van der Waals surface area contributed by atoms with Crippen molar-refractivity contribution in [2.24, 2.45) is 10.9 Å². The van der Waals surface area contributed by atoms with Crippen LogP contribution in [0.2, 0.25) is 0 Å². The molecule has 0 saturated heterocycles. The van der Waals surface area contributed by atoms with Crippen molar-refractivity contribution in [2.75, 3.05) is 21.3 Å². The maximum atomic E-state index is 5.47. The van der Waals surface area contributed by atoms with E-state index < -0.39 is 0 Å². The lowest BCUT2D eigenvalue weighted by molar-refractivity contribution is 0.352. The zero-order valence-electron chi connectivity index (χ0n) is 14.5. The first-order valence-electron chi connectivity index (χ1n) is 7.94. The van der Waals surface area contributed by atoms with Crippen LogP contribution in [0.4, 0.5) is 0 Å². The van der Waals surface area contributed by atoms with E-state index in [9.17, 15) is 0 Å². The molecule has 1 saturated carbocycles. The highest BCUT2D eigenvalue weighted by Crippen LogP contribution is 2.33. The maximum Gasteiger partial charge on any atom is 0.191 e. The fourth-order valence-electron chi connectivity index (χ4n) is 2.59. The number of hydrogen-bond acceptors (Lipinski definition) is 3. The molecule has 2 rings (SSSR count). The molecule has 5 nitrogen and oxygen atoms in total. The minimum Gasteiger partial charge on any atom is -0.493 e. The quantitative estimate of drug-likeness (QED) is 0.461. The predicted octanol–water partition coefficient (Wildman–Crippen LogP) is 2.51. The first-order chi connectivity index (χ1) is 11.1. The molecule has 2 unspecified atom stereocenters. The zero-order chi connectivity index (χ0) is 16.8. The molecular weight excluding hydrogens is 290 g/mol. The summed E-state index contributed by atoms with van der Waals surface area (Å²) in [6.45, 7) is 6.72. The van der Waals surface area contributed by atoms with Gasteiger partial charge in [-0.05, 0) is 36.5 Å². The number of nitrogens with zero attached hydrogens (tertiary/aromatic N) is 1. The van der Waals surface area contributed by atoms with Crippen LogP contribution in [0.25, 0.3) is 0 Å². The van der Waals surface area contributed by atoms with Gasteiger partial charge >= 0.3 is 0 Å². The van der Waals surface area contributed by atoms with Crippen molar-refractivity contribution in [1.82, 2.24) is 10.6 Å². The molecular formula is C18H27N3O2. The van der Waals surface area contributed by atoms with Gasteiger partial charge in [-0.25, -0.2) is 0 Å². The van der Waals surface area contributed by atoms with Gasteiger partial charge in [0.15, 0.2) is 17.5 Å². The van der Waals surface area contributed by atoms with Crippen molar-refractivity contribution in [1.29, 1.82) is 0 Å². The van der Waals surface area contributed by atoms with Gasteiger partial charge in [-0.3, -0.25) is 4.99 Å². The van der Waals surface area contributed by atoms with E-state index in [0.717, 1.165) is 40.9 Å². The van der Waals surface area contributed by atoms with Crippen LogP contribution in [-0.2, 0) is 13.0 Å². The molecule has 5 heteroatoms. The Kier molecular flexibility index (Phi) is 5.90. The van der Waals surface area contributed by atoms with E-state index in [1.807, 2.05) is 12.1 Å². The Hall–Kier alpha value is -2.17. The summed E-state index contributed by atoms with van der Waals surface area (Å²) in [4.78, 5) is 4.28. The maximum absolute atomic E-state index is 5.47. The van der Waals surface area contributed by atoms with E-state index in [2.05, 4.69) is 35.2 Å². The van der Waals surface area contributed by atoms with Gasteiger partial charge in [-0.2, -0.15) is 0 Å². The molecule has 1 aliphatic carbocycles. The Balaban J connectivity index is 2.09.